The number of para-hydroxylation sites is 1. The number of hydrogen-bond acceptors (Lipinski definition) is 4. The molecule has 1 aliphatic rings. The highest BCUT2D eigenvalue weighted by atomic mass is 32.1. The highest BCUT2D eigenvalue weighted by Gasteiger charge is 2.27. The molecule has 0 N–H and O–H groups in total. The monoisotopic (exact) mass is 368 g/mol. The summed E-state index contributed by atoms with van der Waals surface area (Å²) in [6, 6.07) is 8.29. The largest absolute Gasteiger partial charge is 0.339 e. The molecule has 6 heteroatoms. The van der Waals surface area contributed by atoms with Gasteiger partial charge >= 0.3 is 0 Å². The number of benzene rings is 1. The van der Waals surface area contributed by atoms with Gasteiger partial charge in [-0.1, -0.05) is 12.1 Å². The van der Waals surface area contributed by atoms with Gasteiger partial charge in [0.2, 0.25) is 0 Å². The van der Waals surface area contributed by atoms with E-state index in [9.17, 15) is 4.79 Å². The third-order valence-electron chi connectivity index (χ3n) is 4.96. The normalized spacial score (nSPS) is 16.3. The van der Waals surface area contributed by atoms with E-state index in [2.05, 4.69) is 44.1 Å². The molecule has 4 rings (SSSR count). The number of rotatable bonds is 2. The van der Waals surface area contributed by atoms with Crippen LogP contribution in [0, 0.1) is 0 Å². The zero-order chi connectivity index (χ0) is 18.3. The molecule has 1 amide bonds. The molecular weight excluding hydrogens is 344 g/mol. The molecule has 1 saturated heterocycles. The van der Waals surface area contributed by atoms with Crippen LogP contribution in [0.25, 0.3) is 10.2 Å². The molecule has 0 atom stereocenters. The zero-order valence-electron chi connectivity index (χ0n) is 15.5. The Labute approximate surface area is 157 Å². The van der Waals surface area contributed by atoms with Crippen molar-refractivity contribution >= 4 is 27.5 Å². The molecule has 0 bridgehead atoms. The Morgan fingerprint density at radius 3 is 2.58 bits per heavy atom. The molecule has 136 valence electrons. The van der Waals surface area contributed by atoms with Crippen LogP contribution in [0.4, 0.5) is 0 Å². The molecule has 3 aromatic rings. The first-order valence-corrected chi connectivity index (χ1v) is 9.93. The van der Waals surface area contributed by atoms with Gasteiger partial charge in [0.05, 0.1) is 32.5 Å². The van der Waals surface area contributed by atoms with E-state index in [0.717, 1.165) is 31.4 Å². The van der Waals surface area contributed by atoms with Crippen molar-refractivity contribution in [1.29, 1.82) is 0 Å². The minimum atomic E-state index is -0.113. The van der Waals surface area contributed by atoms with Crippen molar-refractivity contribution in [2.45, 2.75) is 45.1 Å². The molecule has 26 heavy (non-hydrogen) atoms. The Morgan fingerprint density at radius 2 is 1.92 bits per heavy atom. The highest BCUT2D eigenvalue weighted by molar-refractivity contribution is 7.18. The smallest absolute Gasteiger partial charge is 0.257 e. The Hall–Kier alpha value is -2.21. The predicted molar refractivity (Wildman–Crippen MR) is 105 cm³/mol. The number of amides is 1. The van der Waals surface area contributed by atoms with Crippen molar-refractivity contribution in [1.82, 2.24) is 19.7 Å². The van der Waals surface area contributed by atoms with Crippen molar-refractivity contribution in [2.24, 2.45) is 0 Å². The number of fused-ring (bicyclic) bond motifs is 1. The molecule has 1 fully saturated rings. The fourth-order valence-corrected chi connectivity index (χ4v) is 4.51. The van der Waals surface area contributed by atoms with Crippen molar-refractivity contribution in [3.05, 3.63) is 47.2 Å². The van der Waals surface area contributed by atoms with Crippen LogP contribution in [0.5, 0.6) is 0 Å². The van der Waals surface area contributed by atoms with Gasteiger partial charge < -0.3 is 4.90 Å². The lowest BCUT2D eigenvalue weighted by Crippen LogP contribution is -2.37. The van der Waals surface area contributed by atoms with Crippen LogP contribution in [0.15, 0.2) is 36.7 Å². The fourth-order valence-electron chi connectivity index (χ4n) is 3.38. The molecule has 1 aromatic carbocycles. The van der Waals surface area contributed by atoms with E-state index in [1.807, 2.05) is 21.8 Å². The lowest BCUT2D eigenvalue weighted by Gasteiger charge is -2.30. The van der Waals surface area contributed by atoms with Gasteiger partial charge in [0.15, 0.2) is 0 Å². The van der Waals surface area contributed by atoms with Crippen LogP contribution in [0.3, 0.4) is 0 Å². The van der Waals surface area contributed by atoms with Crippen LogP contribution in [0.1, 0.15) is 54.9 Å². The Morgan fingerprint density at radius 1 is 1.19 bits per heavy atom. The lowest BCUT2D eigenvalue weighted by molar-refractivity contribution is 0.0712. The number of piperidine rings is 1. The highest BCUT2D eigenvalue weighted by Crippen LogP contribution is 2.34. The Bertz CT molecular complexity index is 896. The standard InChI is InChI=1S/C20H24N4OS/c1-20(2,3)24-13-15(12-21-24)19(25)23-10-8-14(9-11-23)18-22-16-6-4-5-7-17(16)26-18/h4-7,12-14H,8-11H2,1-3H3. The van der Waals surface area contributed by atoms with Crippen molar-refractivity contribution in [2.75, 3.05) is 13.1 Å². The second-order valence-electron chi connectivity index (χ2n) is 7.93. The number of aromatic nitrogens is 3. The fraction of sp³-hybridized carbons (Fsp3) is 0.450. The summed E-state index contributed by atoms with van der Waals surface area (Å²) >= 11 is 1.79. The van der Waals surface area contributed by atoms with Crippen LogP contribution in [-0.2, 0) is 5.54 Å². The quantitative estimate of drug-likeness (QED) is 0.679. The molecule has 0 spiro atoms. The van der Waals surface area contributed by atoms with Crippen LogP contribution >= 0.6 is 11.3 Å². The summed E-state index contributed by atoms with van der Waals surface area (Å²) in [5.74, 6) is 0.539. The molecule has 3 heterocycles. The lowest BCUT2D eigenvalue weighted by atomic mass is 9.97. The number of carbonyl (C=O) groups excluding carboxylic acids is 1. The van der Waals surface area contributed by atoms with E-state index in [1.54, 1.807) is 17.5 Å². The van der Waals surface area contributed by atoms with E-state index in [0.29, 0.717) is 11.5 Å². The number of likely N-dealkylation sites (tertiary alicyclic amines) is 1. The topological polar surface area (TPSA) is 51.0 Å². The van der Waals surface area contributed by atoms with Gasteiger partial charge in [-0.05, 0) is 45.7 Å². The second-order valence-corrected chi connectivity index (χ2v) is 8.99. The van der Waals surface area contributed by atoms with Crippen molar-refractivity contribution in [3.8, 4) is 0 Å². The predicted octanol–water partition coefficient (Wildman–Crippen LogP) is 4.27. The first-order valence-electron chi connectivity index (χ1n) is 9.12. The Balaban J connectivity index is 1.43. The van der Waals surface area contributed by atoms with Crippen LogP contribution in [0.2, 0.25) is 0 Å². The van der Waals surface area contributed by atoms with E-state index in [-0.39, 0.29) is 11.4 Å². The summed E-state index contributed by atoms with van der Waals surface area (Å²) in [4.78, 5) is 19.5. The Kier molecular flexibility index (Phi) is 4.31. The molecule has 0 saturated carbocycles. The SMILES string of the molecule is CC(C)(C)n1cc(C(=O)N2CCC(c3nc4ccccc4s3)CC2)cn1. The molecule has 1 aliphatic heterocycles. The number of nitrogens with zero attached hydrogens (tertiary/aromatic N) is 4. The molecule has 2 aromatic heterocycles. The van der Waals surface area contributed by atoms with Crippen molar-refractivity contribution in [3.63, 3.8) is 0 Å². The molecule has 0 aliphatic carbocycles. The van der Waals surface area contributed by atoms with E-state index in [4.69, 9.17) is 4.98 Å². The van der Waals surface area contributed by atoms with E-state index < -0.39 is 0 Å². The van der Waals surface area contributed by atoms with Crippen molar-refractivity contribution < 1.29 is 4.79 Å². The average molecular weight is 369 g/mol. The number of thiazole rings is 1. The van der Waals surface area contributed by atoms with Gasteiger partial charge in [-0.2, -0.15) is 5.10 Å². The maximum Gasteiger partial charge on any atom is 0.257 e. The van der Waals surface area contributed by atoms with Gasteiger partial charge in [-0.3, -0.25) is 9.48 Å². The first kappa shape index (κ1) is 17.2. The van der Waals surface area contributed by atoms with Gasteiger partial charge in [-0.15, -0.1) is 11.3 Å². The molecule has 0 radical (unpaired) electrons. The summed E-state index contributed by atoms with van der Waals surface area (Å²) in [6.45, 7) is 7.80. The first-order chi connectivity index (χ1) is 12.4. The van der Waals surface area contributed by atoms with Gasteiger partial charge in [0.25, 0.3) is 5.91 Å². The number of carbonyl (C=O) groups is 1. The summed E-state index contributed by atoms with van der Waals surface area (Å²) in [5, 5.41) is 5.56. The molecular formula is C20H24N4OS. The van der Waals surface area contributed by atoms with Crippen LogP contribution in [-0.4, -0.2) is 38.7 Å². The van der Waals surface area contributed by atoms with E-state index >= 15 is 0 Å². The zero-order valence-corrected chi connectivity index (χ0v) is 16.3. The summed E-state index contributed by atoms with van der Waals surface area (Å²) in [7, 11) is 0. The molecule has 5 nitrogen and oxygen atoms in total. The third-order valence-corrected chi connectivity index (χ3v) is 6.16. The second kappa shape index (κ2) is 6.50. The minimum absolute atomic E-state index is 0.0863. The van der Waals surface area contributed by atoms with Gasteiger partial charge in [0.1, 0.15) is 0 Å². The van der Waals surface area contributed by atoms with Gasteiger partial charge in [0, 0.05) is 25.2 Å². The number of hydrogen-bond donors (Lipinski definition) is 0. The third kappa shape index (κ3) is 3.26. The summed E-state index contributed by atoms with van der Waals surface area (Å²) < 4.78 is 3.10. The van der Waals surface area contributed by atoms with E-state index in [1.165, 1.54) is 9.71 Å². The minimum Gasteiger partial charge on any atom is -0.339 e. The summed E-state index contributed by atoms with van der Waals surface area (Å²) in [5.41, 5.74) is 1.65. The molecule has 0 unspecified atom stereocenters. The van der Waals surface area contributed by atoms with Crippen LogP contribution < -0.4 is 0 Å². The summed E-state index contributed by atoms with van der Waals surface area (Å²) in [6.07, 6.45) is 5.49. The average Bonchev–Trinajstić information content (AvgIpc) is 3.28. The maximum absolute atomic E-state index is 12.8. The maximum atomic E-state index is 12.8. The van der Waals surface area contributed by atoms with Gasteiger partial charge in [-0.25, -0.2) is 4.98 Å².